The molecule has 252 valence electrons. The Morgan fingerprint density at radius 3 is 1.86 bits per heavy atom. The number of carbonyl (C=O) groups is 2. The summed E-state index contributed by atoms with van der Waals surface area (Å²) in [5.41, 5.74) is 2.79. The fourth-order valence-electron chi connectivity index (χ4n) is 4.31. The summed E-state index contributed by atoms with van der Waals surface area (Å²) in [4.78, 5) is 34.6. The van der Waals surface area contributed by atoms with Crippen LogP contribution in [0.4, 0.5) is 0 Å². The molecule has 7 rings (SSSR count). The number of benzene rings is 1. The van der Waals surface area contributed by atoms with Gasteiger partial charge in [0.15, 0.2) is 15.5 Å². The lowest BCUT2D eigenvalue weighted by atomic mass is 10.2. The Bertz CT molecular complexity index is 2260. The molecule has 0 spiro atoms. The van der Waals surface area contributed by atoms with Crippen molar-refractivity contribution >= 4 is 63.3 Å². The van der Waals surface area contributed by atoms with Crippen molar-refractivity contribution in [1.82, 2.24) is 43.8 Å². The van der Waals surface area contributed by atoms with Crippen LogP contribution in [0.2, 0.25) is 15.5 Å². The number of methoxy groups -OCH3 is 3. The molecule has 0 radical (unpaired) electrons. The molecule has 19 heteroatoms. The molecule has 7 aromatic rings. The zero-order valence-corrected chi connectivity index (χ0v) is 28.0. The average Bonchev–Trinajstić information content (AvgIpc) is 3.86. The summed E-state index contributed by atoms with van der Waals surface area (Å²) in [5, 5.41) is 21.6. The maximum absolute atomic E-state index is 11.8. The Morgan fingerprint density at radius 2 is 1.27 bits per heavy atom. The Kier molecular flexibility index (Phi) is 10.9. The summed E-state index contributed by atoms with van der Waals surface area (Å²) in [6, 6.07) is 11.4. The molecule has 1 N–H and O–H groups in total. The third kappa shape index (κ3) is 7.89. The molecule has 0 aliphatic carbocycles. The SMILES string of the molecule is COC(=O)c1cnn2cc(Cl)nc(OCc3ccccc3)c12.COc1nc(Cl)cn2ncc(C(=O)O)c12.COc1nc(Cl)cn2nccc12. The summed E-state index contributed by atoms with van der Waals surface area (Å²) in [5.74, 6) is -0.747. The number of hydrogen-bond donors (Lipinski definition) is 1. The topological polar surface area (TPSA) is 182 Å². The first-order valence-electron chi connectivity index (χ1n) is 13.8. The van der Waals surface area contributed by atoms with Gasteiger partial charge in [-0.15, -0.1) is 0 Å². The van der Waals surface area contributed by atoms with Crippen molar-refractivity contribution in [3.05, 3.63) is 106 Å². The van der Waals surface area contributed by atoms with Gasteiger partial charge in [-0.05, 0) is 11.6 Å². The highest BCUT2D eigenvalue weighted by atomic mass is 35.5. The van der Waals surface area contributed by atoms with Crippen LogP contribution in [0.15, 0.2) is 73.6 Å². The van der Waals surface area contributed by atoms with Gasteiger partial charge in [0.2, 0.25) is 17.6 Å². The van der Waals surface area contributed by atoms with E-state index in [1.54, 1.807) is 24.0 Å². The number of esters is 1. The molecule has 1 aromatic carbocycles. The van der Waals surface area contributed by atoms with Crippen molar-refractivity contribution in [1.29, 1.82) is 0 Å². The second-order valence-electron chi connectivity index (χ2n) is 9.45. The summed E-state index contributed by atoms with van der Waals surface area (Å²) in [7, 11) is 4.24. The van der Waals surface area contributed by atoms with Gasteiger partial charge in [-0.2, -0.15) is 30.2 Å². The van der Waals surface area contributed by atoms with Crippen molar-refractivity contribution in [2.24, 2.45) is 0 Å². The van der Waals surface area contributed by atoms with Gasteiger partial charge in [0, 0.05) is 0 Å². The molecule has 49 heavy (non-hydrogen) atoms. The number of carboxylic acids is 1. The van der Waals surface area contributed by atoms with Gasteiger partial charge in [0.1, 0.15) is 34.3 Å². The van der Waals surface area contributed by atoms with Crippen LogP contribution in [-0.2, 0) is 11.3 Å². The highest BCUT2D eigenvalue weighted by Crippen LogP contribution is 2.26. The summed E-state index contributed by atoms with van der Waals surface area (Å²) in [6.45, 7) is 0.301. The number of rotatable bonds is 7. The molecule has 0 unspecified atom stereocenters. The van der Waals surface area contributed by atoms with E-state index in [0.717, 1.165) is 11.1 Å². The first kappa shape index (κ1) is 34.6. The third-order valence-corrected chi connectivity index (χ3v) is 6.98. The van der Waals surface area contributed by atoms with Crippen LogP contribution in [0.25, 0.3) is 16.6 Å². The number of nitrogens with zero attached hydrogens (tertiary/aromatic N) is 9. The van der Waals surface area contributed by atoms with Crippen LogP contribution in [0.5, 0.6) is 17.6 Å². The van der Waals surface area contributed by atoms with Crippen molar-refractivity contribution < 1.29 is 33.6 Å². The molecule has 0 amide bonds. The van der Waals surface area contributed by atoms with E-state index >= 15 is 0 Å². The van der Waals surface area contributed by atoms with Gasteiger partial charge in [0.25, 0.3) is 0 Å². The van der Waals surface area contributed by atoms with Crippen molar-refractivity contribution in [3.63, 3.8) is 0 Å². The number of carbonyl (C=O) groups excluding carboxylic acids is 1. The average molecular weight is 729 g/mol. The largest absolute Gasteiger partial charge is 0.479 e. The fraction of sp³-hybridized carbons (Fsp3) is 0.133. The number of fused-ring (bicyclic) bond motifs is 3. The number of carboxylic acid groups (broad SMARTS) is 1. The first-order chi connectivity index (χ1) is 23.6. The predicted octanol–water partition coefficient (Wildman–Crippen LogP) is 5.23. The van der Waals surface area contributed by atoms with E-state index in [4.69, 9.17) is 58.9 Å². The number of aromatic carboxylic acids is 1. The van der Waals surface area contributed by atoms with Gasteiger partial charge in [-0.25, -0.2) is 23.1 Å². The molecule has 6 aromatic heterocycles. The predicted molar refractivity (Wildman–Crippen MR) is 176 cm³/mol. The summed E-state index contributed by atoms with van der Waals surface area (Å²) in [6.07, 6.45) is 8.81. The van der Waals surface area contributed by atoms with Gasteiger partial charge in [-0.3, -0.25) is 0 Å². The Hall–Kier alpha value is -5.71. The molecular formula is C30H24Cl3N9O7. The molecule has 16 nitrogen and oxygen atoms in total. The Morgan fingerprint density at radius 1 is 0.714 bits per heavy atom. The molecule has 0 saturated carbocycles. The van der Waals surface area contributed by atoms with Crippen LogP contribution < -0.4 is 14.2 Å². The minimum atomic E-state index is -1.09. The van der Waals surface area contributed by atoms with E-state index in [1.807, 2.05) is 36.4 Å². The molecule has 0 bridgehead atoms. The van der Waals surface area contributed by atoms with Gasteiger partial charge >= 0.3 is 11.9 Å². The summed E-state index contributed by atoms with van der Waals surface area (Å²) >= 11 is 17.4. The Labute approximate surface area is 291 Å². The van der Waals surface area contributed by atoms with Crippen LogP contribution in [0.3, 0.4) is 0 Å². The minimum absolute atomic E-state index is 0.0241. The van der Waals surface area contributed by atoms with E-state index in [1.165, 1.54) is 48.0 Å². The van der Waals surface area contributed by atoms with E-state index < -0.39 is 11.9 Å². The molecular weight excluding hydrogens is 705 g/mol. The smallest absolute Gasteiger partial charge is 0.341 e. The monoisotopic (exact) mass is 727 g/mol. The second-order valence-corrected chi connectivity index (χ2v) is 10.6. The molecule has 0 atom stereocenters. The summed E-state index contributed by atoms with van der Waals surface area (Å²) < 4.78 is 24.8. The molecule has 0 aliphatic heterocycles. The minimum Gasteiger partial charge on any atom is -0.479 e. The molecule has 0 saturated heterocycles. The zero-order valence-electron chi connectivity index (χ0n) is 25.7. The number of halogens is 3. The lowest BCUT2D eigenvalue weighted by molar-refractivity contribution is 0.0601. The number of hydrogen-bond acceptors (Lipinski definition) is 12. The second kappa shape index (κ2) is 15.5. The quantitative estimate of drug-likeness (QED) is 0.211. The van der Waals surface area contributed by atoms with Crippen molar-refractivity contribution in [3.8, 4) is 17.6 Å². The van der Waals surface area contributed by atoms with Gasteiger partial charge in [0.05, 0.1) is 58.5 Å². The van der Waals surface area contributed by atoms with Crippen LogP contribution >= 0.6 is 34.8 Å². The lowest BCUT2D eigenvalue weighted by Crippen LogP contribution is -2.05. The maximum Gasteiger partial charge on any atom is 0.341 e. The normalized spacial score (nSPS) is 10.6. The third-order valence-electron chi connectivity index (χ3n) is 6.44. The van der Waals surface area contributed by atoms with E-state index in [9.17, 15) is 9.59 Å². The van der Waals surface area contributed by atoms with Crippen LogP contribution in [0.1, 0.15) is 26.3 Å². The molecule has 6 heterocycles. The van der Waals surface area contributed by atoms with Crippen molar-refractivity contribution in [2.45, 2.75) is 6.61 Å². The van der Waals surface area contributed by atoms with E-state index in [-0.39, 0.29) is 38.7 Å². The highest BCUT2D eigenvalue weighted by Gasteiger charge is 2.20. The van der Waals surface area contributed by atoms with E-state index in [0.29, 0.717) is 23.2 Å². The zero-order chi connectivity index (χ0) is 35.1. The van der Waals surface area contributed by atoms with Gasteiger partial charge in [-0.1, -0.05) is 65.1 Å². The maximum atomic E-state index is 11.8. The molecule has 0 aliphatic rings. The van der Waals surface area contributed by atoms with Crippen LogP contribution in [-0.4, -0.2) is 82.2 Å². The van der Waals surface area contributed by atoms with Crippen LogP contribution in [0, 0.1) is 0 Å². The first-order valence-corrected chi connectivity index (χ1v) is 14.9. The van der Waals surface area contributed by atoms with Crippen molar-refractivity contribution in [2.75, 3.05) is 21.3 Å². The number of ether oxygens (including phenoxy) is 4. The van der Waals surface area contributed by atoms with E-state index in [2.05, 4.69) is 30.2 Å². The lowest BCUT2D eigenvalue weighted by Gasteiger charge is -2.08. The highest BCUT2D eigenvalue weighted by molar-refractivity contribution is 6.30. The standard InChI is InChI=1S/C15H12ClN3O3.C8H6ClN3O3.C7H6ClN3O/c1-21-15(20)11-7-17-19-8-12(16)18-14(13(11)19)22-9-10-5-3-2-4-6-10;1-15-7-6-4(8(13)14)2-10-12(6)3-5(9)11-7;1-12-7-5-2-3-9-11(5)4-6(8)10-7/h2-8H,9H2,1H3;2-3H,1H3,(H,13,14);2-4H,1H3. The molecule has 0 fully saturated rings. The number of aromatic nitrogens is 9. The van der Waals surface area contributed by atoms with Gasteiger partial charge < -0.3 is 24.1 Å². The fourth-order valence-corrected chi connectivity index (χ4v) is 4.82. The Balaban J connectivity index is 0.000000151.